The van der Waals surface area contributed by atoms with Crippen LogP contribution in [0, 0.1) is 0 Å². The maximum atomic E-state index is 13.3. The number of rotatable bonds is 8. The van der Waals surface area contributed by atoms with Crippen molar-refractivity contribution in [3.05, 3.63) is 101 Å². The van der Waals surface area contributed by atoms with Crippen LogP contribution < -0.4 is 14.4 Å². The van der Waals surface area contributed by atoms with Gasteiger partial charge in [0, 0.05) is 4.90 Å². The van der Waals surface area contributed by atoms with Crippen molar-refractivity contribution in [3.63, 3.8) is 0 Å². The summed E-state index contributed by atoms with van der Waals surface area (Å²) in [6.07, 6.45) is 3.86. The highest BCUT2D eigenvalue weighted by Gasteiger charge is 2.33. The van der Waals surface area contributed by atoms with Crippen LogP contribution in [-0.4, -0.2) is 23.1 Å². The SMILES string of the molecule is CCOc1cc(/C=C2/SC(=S)N(c3cccc(SC)c3)C2=O)ccc1OCc1cccc2ccccc12. The van der Waals surface area contributed by atoms with E-state index in [1.165, 1.54) is 22.5 Å². The molecule has 1 aliphatic heterocycles. The predicted octanol–water partition coefficient (Wildman–Crippen LogP) is 7.95. The van der Waals surface area contributed by atoms with E-state index in [9.17, 15) is 4.79 Å². The quantitative estimate of drug-likeness (QED) is 0.128. The minimum Gasteiger partial charge on any atom is -0.490 e. The Morgan fingerprint density at radius 2 is 1.76 bits per heavy atom. The molecular formula is C30H25NO3S3. The second kappa shape index (κ2) is 11.4. The number of hydrogen-bond acceptors (Lipinski definition) is 6. The molecule has 4 nitrogen and oxygen atoms in total. The second-order valence-corrected chi connectivity index (χ2v) is 10.8. The average Bonchev–Trinajstić information content (AvgIpc) is 3.20. The van der Waals surface area contributed by atoms with Crippen LogP contribution in [0.4, 0.5) is 5.69 Å². The van der Waals surface area contributed by atoms with Gasteiger partial charge in [0.15, 0.2) is 15.8 Å². The number of fused-ring (bicyclic) bond motifs is 1. The maximum Gasteiger partial charge on any atom is 0.270 e. The molecule has 0 aromatic heterocycles. The van der Waals surface area contributed by atoms with Crippen LogP contribution in [0.5, 0.6) is 11.5 Å². The number of benzene rings is 4. The van der Waals surface area contributed by atoms with Crippen molar-refractivity contribution in [3.8, 4) is 11.5 Å². The lowest BCUT2D eigenvalue weighted by molar-refractivity contribution is -0.113. The number of thiocarbonyl (C=S) groups is 1. The molecule has 1 fully saturated rings. The van der Waals surface area contributed by atoms with Gasteiger partial charge in [-0.15, -0.1) is 11.8 Å². The highest BCUT2D eigenvalue weighted by molar-refractivity contribution is 8.27. The number of carbonyl (C=O) groups excluding carboxylic acids is 1. The first-order chi connectivity index (χ1) is 18.1. The first-order valence-corrected chi connectivity index (χ1v) is 14.3. The van der Waals surface area contributed by atoms with Gasteiger partial charge in [-0.1, -0.05) is 78.6 Å². The fourth-order valence-electron chi connectivity index (χ4n) is 4.17. The Morgan fingerprint density at radius 3 is 2.59 bits per heavy atom. The van der Waals surface area contributed by atoms with E-state index in [2.05, 4.69) is 24.3 Å². The van der Waals surface area contributed by atoms with Crippen molar-refractivity contribution >= 4 is 68.5 Å². The van der Waals surface area contributed by atoms with Crippen molar-refractivity contribution in [1.82, 2.24) is 0 Å². The summed E-state index contributed by atoms with van der Waals surface area (Å²) in [7, 11) is 0. The third-order valence-corrected chi connectivity index (χ3v) is 7.96. The van der Waals surface area contributed by atoms with E-state index in [1.54, 1.807) is 16.7 Å². The van der Waals surface area contributed by atoms with Gasteiger partial charge >= 0.3 is 0 Å². The van der Waals surface area contributed by atoms with Gasteiger partial charge in [-0.3, -0.25) is 9.69 Å². The van der Waals surface area contributed by atoms with Crippen LogP contribution in [0.15, 0.2) is 94.7 Å². The standard InChI is InChI=1S/C30H25NO3S3/c1-3-33-27-16-20(14-15-26(27)34-19-22-10-6-9-21-8-4-5-13-25(21)22)17-28-29(32)31(30(35)37-28)23-11-7-12-24(18-23)36-2/h4-18H,3,19H2,1-2H3/b28-17+. The Balaban J connectivity index is 1.38. The Morgan fingerprint density at radius 1 is 0.946 bits per heavy atom. The van der Waals surface area contributed by atoms with Crippen molar-refractivity contribution in [2.45, 2.75) is 18.4 Å². The van der Waals surface area contributed by atoms with Gasteiger partial charge in [-0.25, -0.2) is 0 Å². The summed E-state index contributed by atoms with van der Waals surface area (Å²) in [6, 6.07) is 28.1. The van der Waals surface area contributed by atoms with Gasteiger partial charge in [0.2, 0.25) is 0 Å². The number of nitrogens with zero attached hydrogens (tertiary/aromatic N) is 1. The molecule has 1 saturated heterocycles. The molecule has 0 radical (unpaired) electrons. The van der Waals surface area contributed by atoms with Gasteiger partial charge in [-0.2, -0.15) is 0 Å². The smallest absolute Gasteiger partial charge is 0.270 e. The molecule has 4 aromatic rings. The highest BCUT2D eigenvalue weighted by Crippen LogP contribution is 2.38. The Labute approximate surface area is 230 Å². The Kier molecular flexibility index (Phi) is 7.84. The molecule has 186 valence electrons. The van der Waals surface area contributed by atoms with Gasteiger partial charge < -0.3 is 9.47 Å². The van der Waals surface area contributed by atoms with Crippen molar-refractivity contribution in [1.29, 1.82) is 0 Å². The number of hydrogen-bond donors (Lipinski definition) is 0. The second-order valence-electron chi connectivity index (χ2n) is 8.28. The number of amides is 1. The van der Waals surface area contributed by atoms with E-state index in [4.69, 9.17) is 21.7 Å². The average molecular weight is 544 g/mol. The summed E-state index contributed by atoms with van der Waals surface area (Å²) in [5, 5.41) is 2.35. The molecule has 37 heavy (non-hydrogen) atoms. The molecule has 0 unspecified atom stereocenters. The first kappa shape index (κ1) is 25.4. The zero-order valence-corrected chi connectivity index (χ0v) is 22.9. The largest absolute Gasteiger partial charge is 0.490 e. The third-order valence-electron chi connectivity index (χ3n) is 5.93. The van der Waals surface area contributed by atoms with Gasteiger partial charge in [0.1, 0.15) is 6.61 Å². The molecule has 7 heteroatoms. The summed E-state index contributed by atoms with van der Waals surface area (Å²) in [5.74, 6) is 1.18. The van der Waals surface area contributed by atoms with E-state index < -0.39 is 0 Å². The van der Waals surface area contributed by atoms with E-state index in [0.717, 1.165) is 21.7 Å². The molecule has 0 atom stereocenters. The lowest BCUT2D eigenvalue weighted by Crippen LogP contribution is -2.27. The van der Waals surface area contributed by atoms with Gasteiger partial charge in [-0.05, 0) is 71.5 Å². The number of carbonyl (C=O) groups is 1. The first-order valence-electron chi connectivity index (χ1n) is 11.9. The van der Waals surface area contributed by atoms with Gasteiger partial charge in [0.25, 0.3) is 5.91 Å². The monoisotopic (exact) mass is 543 g/mol. The molecule has 1 aliphatic rings. The van der Waals surface area contributed by atoms with Crippen molar-refractivity contribution in [2.75, 3.05) is 17.8 Å². The maximum absolute atomic E-state index is 13.3. The lowest BCUT2D eigenvalue weighted by atomic mass is 10.1. The lowest BCUT2D eigenvalue weighted by Gasteiger charge is -2.15. The normalized spacial score (nSPS) is 14.5. The summed E-state index contributed by atoms with van der Waals surface area (Å²) >= 11 is 8.49. The highest BCUT2D eigenvalue weighted by atomic mass is 32.2. The Bertz CT molecular complexity index is 1510. The minimum atomic E-state index is -0.123. The molecule has 0 N–H and O–H groups in total. The molecule has 1 heterocycles. The van der Waals surface area contributed by atoms with Crippen LogP contribution in [-0.2, 0) is 11.4 Å². The molecule has 0 saturated carbocycles. The number of thioether (sulfide) groups is 2. The molecule has 0 bridgehead atoms. The van der Waals surface area contributed by atoms with Crippen molar-refractivity contribution in [2.24, 2.45) is 0 Å². The number of ether oxygens (including phenoxy) is 2. The van der Waals surface area contributed by atoms with E-state index in [-0.39, 0.29) is 5.91 Å². The summed E-state index contributed by atoms with van der Waals surface area (Å²) in [6.45, 7) is 2.87. The Hall–Kier alpha value is -3.26. The fourth-order valence-corrected chi connectivity index (χ4v) is 5.92. The molecule has 1 amide bonds. The summed E-state index contributed by atoms with van der Waals surface area (Å²) < 4.78 is 12.6. The molecule has 5 rings (SSSR count). The van der Waals surface area contributed by atoms with E-state index >= 15 is 0 Å². The topological polar surface area (TPSA) is 38.8 Å². The third kappa shape index (κ3) is 5.54. The van der Waals surface area contributed by atoms with Crippen LogP contribution >= 0.6 is 35.7 Å². The van der Waals surface area contributed by atoms with Gasteiger partial charge in [0.05, 0.1) is 17.2 Å². The summed E-state index contributed by atoms with van der Waals surface area (Å²) in [5.41, 5.74) is 2.74. The van der Waals surface area contributed by atoms with Crippen LogP contribution in [0.25, 0.3) is 16.8 Å². The number of anilines is 1. The van der Waals surface area contributed by atoms with Crippen LogP contribution in [0.3, 0.4) is 0 Å². The molecule has 0 spiro atoms. The summed E-state index contributed by atoms with van der Waals surface area (Å²) in [4.78, 5) is 16.5. The van der Waals surface area contributed by atoms with E-state index in [0.29, 0.717) is 33.9 Å². The molecule has 4 aromatic carbocycles. The minimum absolute atomic E-state index is 0.123. The molecular weight excluding hydrogens is 519 g/mol. The van der Waals surface area contributed by atoms with Crippen LogP contribution in [0.1, 0.15) is 18.1 Å². The predicted molar refractivity (Wildman–Crippen MR) is 160 cm³/mol. The van der Waals surface area contributed by atoms with Crippen molar-refractivity contribution < 1.29 is 14.3 Å². The molecule has 0 aliphatic carbocycles. The zero-order chi connectivity index (χ0) is 25.8. The van der Waals surface area contributed by atoms with Crippen LogP contribution in [0.2, 0.25) is 0 Å². The zero-order valence-electron chi connectivity index (χ0n) is 20.5. The fraction of sp³-hybridized carbons (Fsp3) is 0.133. The van der Waals surface area contributed by atoms with E-state index in [1.807, 2.05) is 79.9 Å².